The van der Waals surface area contributed by atoms with Gasteiger partial charge in [0, 0.05) is 12.1 Å². The molecule has 2 atom stereocenters. The van der Waals surface area contributed by atoms with Crippen molar-refractivity contribution in [3.63, 3.8) is 0 Å². The van der Waals surface area contributed by atoms with Crippen LogP contribution in [0.5, 0.6) is 0 Å². The standard InChI is InChI=1S/C22H29N/c1-13-9-15(3)21(16(4)10-13)19-7-8-20(23-19)22-17(5)11-14(2)12-18(22)6/h9-12,19-20,23H,7-8H2,1-6H3/t19-,20-/m0/s1. The van der Waals surface area contributed by atoms with E-state index in [1.54, 1.807) is 0 Å². The van der Waals surface area contributed by atoms with Crippen molar-refractivity contribution >= 4 is 0 Å². The molecule has 0 amide bonds. The molecule has 2 aromatic carbocycles. The van der Waals surface area contributed by atoms with Crippen LogP contribution in [0.2, 0.25) is 0 Å². The predicted octanol–water partition coefficient (Wildman–Crippen LogP) is 5.70. The molecule has 0 unspecified atom stereocenters. The van der Waals surface area contributed by atoms with Crippen molar-refractivity contribution in [3.05, 3.63) is 68.8 Å². The molecule has 1 heterocycles. The van der Waals surface area contributed by atoms with Crippen LogP contribution in [0.15, 0.2) is 24.3 Å². The van der Waals surface area contributed by atoms with E-state index in [1.807, 2.05) is 0 Å². The largest absolute Gasteiger partial charge is 0.303 e. The molecule has 23 heavy (non-hydrogen) atoms. The van der Waals surface area contributed by atoms with Crippen LogP contribution in [0.1, 0.15) is 69.4 Å². The van der Waals surface area contributed by atoms with Gasteiger partial charge in [0.1, 0.15) is 0 Å². The molecule has 0 saturated carbocycles. The van der Waals surface area contributed by atoms with Gasteiger partial charge in [-0.3, -0.25) is 0 Å². The lowest BCUT2D eigenvalue weighted by Gasteiger charge is -2.22. The lowest BCUT2D eigenvalue weighted by Crippen LogP contribution is -2.20. The molecule has 1 aliphatic rings. The van der Waals surface area contributed by atoms with Gasteiger partial charge >= 0.3 is 0 Å². The Labute approximate surface area is 141 Å². The summed E-state index contributed by atoms with van der Waals surface area (Å²) in [5, 5.41) is 3.93. The summed E-state index contributed by atoms with van der Waals surface area (Å²) in [5.74, 6) is 0. The maximum absolute atomic E-state index is 3.93. The van der Waals surface area contributed by atoms with E-state index in [9.17, 15) is 0 Å². The number of benzene rings is 2. The van der Waals surface area contributed by atoms with Crippen molar-refractivity contribution in [3.8, 4) is 0 Å². The second-order valence-electron chi connectivity index (χ2n) is 7.47. The molecule has 1 fully saturated rings. The van der Waals surface area contributed by atoms with Gasteiger partial charge in [-0.15, -0.1) is 0 Å². The summed E-state index contributed by atoms with van der Waals surface area (Å²) in [7, 11) is 0. The fraction of sp³-hybridized carbons (Fsp3) is 0.455. The monoisotopic (exact) mass is 307 g/mol. The summed E-state index contributed by atoms with van der Waals surface area (Å²) in [6.07, 6.45) is 2.45. The Kier molecular flexibility index (Phi) is 4.33. The van der Waals surface area contributed by atoms with Crippen LogP contribution in [0.25, 0.3) is 0 Å². The van der Waals surface area contributed by atoms with Crippen LogP contribution in [0.4, 0.5) is 0 Å². The maximum Gasteiger partial charge on any atom is 0.0331 e. The van der Waals surface area contributed by atoms with Gasteiger partial charge in [0.2, 0.25) is 0 Å². The Morgan fingerprint density at radius 2 is 0.913 bits per heavy atom. The Morgan fingerprint density at radius 1 is 0.609 bits per heavy atom. The molecule has 3 rings (SSSR count). The SMILES string of the molecule is Cc1cc(C)c([C@@H]2CC[C@@H](c3c(C)cc(C)cc3C)N2)c(C)c1. The van der Waals surface area contributed by atoms with Crippen molar-refractivity contribution in [1.29, 1.82) is 0 Å². The third-order valence-corrected chi connectivity index (χ3v) is 5.32. The average Bonchev–Trinajstić information content (AvgIpc) is 2.85. The van der Waals surface area contributed by atoms with Gasteiger partial charge in [-0.25, -0.2) is 0 Å². The Balaban J connectivity index is 1.91. The summed E-state index contributed by atoms with van der Waals surface area (Å²) in [6.45, 7) is 13.4. The molecular formula is C22H29N. The fourth-order valence-corrected chi connectivity index (χ4v) is 4.68. The van der Waals surface area contributed by atoms with E-state index in [-0.39, 0.29) is 0 Å². The maximum atomic E-state index is 3.93. The first-order valence-electron chi connectivity index (χ1n) is 8.78. The number of hydrogen-bond donors (Lipinski definition) is 1. The van der Waals surface area contributed by atoms with Gasteiger partial charge in [-0.2, -0.15) is 0 Å². The van der Waals surface area contributed by atoms with Crippen LogP contribution in [-0.2, 0) is 0 Å². The van der Waals surface area contributed by atoms with Crippen molar-refractivity contribution < 1.29 is 0 Å². The van der Waals surface area contributed by atoms with E-state index >= 15 is 0 Å². The number of hydrogen-bond acceptors (Lipinski definition) is 1. The minimum atomic E-state index is 0.487. The summed E-state index contributed by atoms with van der Waals surface area (Å²) >= 11 is 0. The second-order valence-corrected chi connectivity index (χ2v) is 7.47. The molecular weight excluding hydrogens is 278 g/mol. The highest BCUT2D eigenvalue weighted by atomic mass is 15.0. The normalized spacial score (nSPS) is 21.0. The van der Waals surface area contributed by atoms with Gasteiger partial charge in [-0.1, -0.05) is 35.4 Å². The molecule has 0 aliphatic carbocycles. The lowest BCUT2D eigenvalue weighted by atomic mass is 9.92. The first-order valence-corrected chi connectivity index (χ1v) is 8.78. The molecule has 1 saturated heterocycles. The van der Waals surface area contributed by atoms with Crippen molar-refractivity contribution in [2.45, 2.75) is 66.5 Å². The minimum absolute atomic E-state index is 0.487. The van der Waals surface area contributed by atoms with Crippen LogP contribution >= 0.6 is 0 Å². The van der Waals surface area contributed by atoms with Gasteiger partial charge in [0.15, 0.2) is 0 Å². The highest BCUT2D eigenvalue weighted by Crippen LogP contribution is 2.39. The highest BCUT2D eigenvalue weighted by molar-refractivity contribution is 5.43. The molecule has 0 bridgehead atoms. The van der Waals surface area contributed by atoms with Crippen molar-refractivity contribution in [1.82, 2.24) is 5.32 Å². The van der Waals surface area contributed by atoms with E-state index in [0.717, 1.165) is 0 Å². The molecule has 122 valence electrons. The van der Waals surface area contributed by atoms with Crippen LogP contribution in [0.3, 0.4) is 0 Å². The summed E-state index contributed by atoms with van der Waals surface area (Å²) in [6, 6.07) is 10.3. The summed E-state index contributed by atoms with van der Waals surface area (Å²) in [4.78, 5) is 0. The smallest absolute Gasteiger partial charge is 0.0331 e. The average molecular weight is 307 g/mol. The first-order chi connectivity index (χ1) is 10.9. The summed E-state index contributed by atoms with van der Waals surface area (Å²) in [5.41, 5.74) is 11.5. The van der Waals surface area contributed by atoms with Gasteiger partial charge in [0.05, 0.1) is 0 Å². The van der Waals surface area contributed by atoms with E-state index in [2.05, 4.69) is 71.1 Å². The zero-order chi connectivity index (χ0) is 16.7. The van der Waals surface area contributed by atoms with Crippen molar-refractivity contribution in [2.24, 2.45) is 0 Å². The molecule has 0 spiro atoms. The second kappa shape index (κ2) is 6.13. The molecule has 2 aromatic rings. The van der Waals surface area contributed by atoms with E-state index in [4.69, 9.17) is 0 Å². The van der Waals surface area contributed by atoms with Crippen molar-refractivity contribution in [2.75, 3.05) is 0 Å². The highest BCUT2D eigenvalue weighted by Gasteiger charge is 2.29. The quantitative estimate of drug-likeness (QED) is 0.750. The fourth-order valence-electron chi connectivity index (χ4n) is 4.68. The number of rotatable bonds is 2. The van der Waals surface area contributed by atoms with Gasteiger partial charge in [-0.05, 0) is 87.8 Å². The Bertz CT molecular complexity index is 632. The topological polar surface area (TPSA) is 12.0 Å². The lowest BCUT2D eigenvalue weighted by molar-refractivity contribution is 0.566. The van der Waals surface area contributed by atoms with E-state index in [0.29, 0.717) is 12.1 Å². The van der Waals surface area contributed by atoms with Crippen LogP contribution in [0, 0.1) is 41.5 Å². The van der Waals surface area contributed by atoms with Crippen LogP contribution < -0.4 is 5.32 Å². The minimum Gasteiger partial charge on any atom is -0.303 e. The Morgan fingerprint density at radius 3 is 1.22 bits per heavy atom. The summed E-state index contributed by atoms with van der Waals surface area (Å²) < 4.78 is 0. The predicted molar refractivity (Wildman–Crippen MR) is 99.2 cm³/mol. The van der Waals surface area contributed by atoms with Crippen LogP contribution in [-0.4, -0.2) is 0 Å². The third-order valence-electron chi connectivity index (χ3n) is 5.32. The number of nitrogens with one attached hydrogen (secondary N) is 1. The van der Waals surface area contributed by atoms with Gasteiger partial charge in [0.25, 0.3) is 0 Å². The third kappa shape index (κ3) is 3.07. The molecule has 1 aliphatic heterocycles. The molecule has 0 radical (unpaired) electrons. The Hall–Kier alpha value is -1.60. The zero-order valence-electron chi connectivity index (χ0n) is 15.4. The molecule has 0 aromatic heterocycles. The molecule has 1 N–H and O–H groups in total. The van der Waals surface area contributed by atoms with Gasteiger partial charge < -0.3 is 5.32 Å². The van der Waals surface area contributed by atoms with E-state index in [1.165, 1.54) is 57.3 Å². The molecule has 1 nitrogen and oxygen atoms in total. The van der Waals surface area contributed by atoms with E-state index < -0.39 is 0 Å². The molecule has 1 heteroatoms. The zero-order valence-corrected chi connectivity index (χ0v) is 15.4. The number of aryl methyl sites for hydroxylation is 6. The first kappa shape index (κ1) is 16.3.